The normalized spacial score (nSPS) is 38.7. The summed E-state index contributed by atoms with van der Waals surface area (Å²) in [7, 11) is 0. The van der Waals surface area contributed by atoms with Gasteiger partial charge in [0.05, 0.1) is 12.8 Å². The Morgan fingerprint density at radius 2 is 1.58 bits per heavy atom. The van der Waals surface area contributed by atoms with Crippen molar-refractivity contribution in [2.24, 2.45) is 46.3 Å². The van der Waals surface area contributed by atoms with Gasteiger partial charge >= 0.3 is 17.9 Å². The first-order valence-corrected chi connectivity index (χ1v) is 14.8. The minimum Gasteiger partial charge on any atom is -0.481 e. The third-order valence-corrected chi connectivity index (χ3v) is 11.5. The van der Waals surface area contributed by atoms with Crippen LogP contribution in [0.2, 0.25) is 0 Å². The van der Waals surface area contributed by atoms with Gasteiger partial charge in [-0.3, -0.25) is 19.2 Å². The lowest BCUT2D eigenvalue weighted by atomic mass is 9.44. The maximum absolute atomic E-state index is 12.1. The molecule has 4 saturated carbocycles. The molecule has 4 aliphatic rings. The lowest BCUT2D eigenvalue weighted by Gasteiger charge is -2.61. The van der Waals surface area contributed by atoms with Crippen molar-refractivity contribution in [3.63, 3.8) is 0 Å². The molecule has 214 valence electrons. The van der Waals surface area contributed by atoms with Crippen LogP contribution in [0.15, 0.2) is 0 Å². The standard InChI is InChI=1S/C30H47NO7/c1-18(4-9-25(32)31-17-27(35)36)22-7-8-23-21-6-5-19-16-20(38-28(37)11-10-26(33)34)12-14-29(19,2)24(21)13-15-30(22,23)3/h18-24H,4-17H2,1-3H3,(H,31,32)(H,33,34)(H,35,36)/t18?,19-,20-,21?,22?,23+,24?,29+,30-/m1/s1. The predicted octanol–water partition coefficient (Wildman–Crippen LogP) is 5.04. The van der Waals surface area contributed by atoms with Crippen LogP contribution in [0.3, 0.4) is 0 Å². The van der Waals surface area contributed by atoms with Crippen LogP contribution in [0, 0.1) is 46.3 Å². The first-order chi connectivity index (χ1) is 17.9. The van der Waals surface area contributed by atoms with Crippen LogP contribution in [-0.2, 0) is 23.9 Å². The molecule has 0 spiro atoms. The van der Waals surface area contributed by atoms with Crippen molar-refractivity contribution in [2.75, 3.05) is 6.54 Å². The summed E-state index contributed by atoms with van der Waals surface area (Å²) in [6, 6.07) is 0. The van der Waals surface area contributed by atoms with Gasteiger partial charge < -0.3 is 20.3 Å². The Labute approximate surface area is 226 Å². The van der Waals surface area contributed by atoms with Gasteiger partial charge in [0, 0.05) is 6.42 Å². The van der Waals surface area contributed by atoms with Gasteiger partial charge in [-0.25, -0.2) is 0 Å². The fourth-order valence-electron chi connectivity index (χ4n) is 9.58. The molecule has 0 aromatic heterocycles. The molecule has 4 aliphatic carbocycles. The number of hydrogen-bond acceptors (Lipinski definition) is 5. The van der Waals surface area contributed by atoms with E-state index in [0.717, 1.165) is 37.5 Å². The molecule has 0 bridgehead atoms. The zero-order valence-corrected chi connectivity index (χ0v) is 23.4. The summed E-state index contributed by atoms with van der Waals surface area (Å²) < 4.78 is 5.70. The minimum absolute atomic E-state index is 0.0503. The van der Waals surface area contributed by atoms with Crippen molar-refractivity contribution in [3.8, 4) is 0 Å². The van der Waals surface area contributed by atoms with E-state index in [1.54, 1.807) is 0 Å². The number of carbonyl (C=O) groups excluding carboxylic acids is 2. The van der Waals surface area contributed by atoms with Crippen molar-refractivity contribution in [3.05, 3.63) is 0 Å². The quantitative estimate of drug-likeness (QED) is 0.335. The first-order valence-electron chi connectivity index (χ1n) is 14.8. The Kier molecular flexibility index (Phi) is 8.78. The number of rotatable bonds is 10. The van der Waals surface area contributed by atoms with E-state index >= 15 is 0 Å². The van der Waals surface area contributed by atoms with Crippen molar-refractivity contribution < 1.29 is 34.1 Å². The van der Waals surface area contributed by atoms with Crippen LogP contribution in [0.25, 0.3) is 0 Å². The van der Waals surface area contributed by atoms with Gasteiger partial charge in [-0.15, -0.1) is 0 Å². The molecule has 0 radical (unpaired) electrons. The van der Waals surface area contributed by atoms with E-state index in [-0.39, 0.29) is 42.8 Å². The second-order valence-electron chi connectivity index (χ2n) is 13.4. The Hall–Kier alpha value is -2.12. The van der Waals surface area contributed by atoms with E-state index < -0.39 is 11.9 Å². The van der Waals surface area contributed by atoms with E-state index in [2.05, 4.69) is 26.1 Å². The number of amides is 1. The van der Waals surface area contributed by atoms with Crippen LogP contribution < -0.4 is 5.32 Å². The third kappa shape index (κ3) is 5.89. The Morgan fingerprint density at radius 3 is 2.29 bits per heavy atom. The number of nitrogens with one attached hydrogen (secondary N) is 1. The van der Waals surface area contributed by atoms with Crippen LogP contribution in [0.1, 0.15) is 104 Å². The molecule has 0 aliphatic heterocycles. The second kappa shape index (κ2) is 11.5. The molecule has 0 aromatic rings. The Bertz CT molecular complexity index is 920. The van der Waals surface area contributed by atoms with Gasteiger partial charge in [-0.1, -0.05) is 20.8 Å². The summed E-state index contributed by atoms with van der Waals surface area (Å²) >= 11 is 0. The summed E-state index contributed by atoms with van der Waals surface area (Å²) in [5.41, 5.74) is 0.582. The van der Waals surface area contributed by atoms with E-state index in [4.69, 9.17) is 14.9 Å². The highest BCUT2D eigenvalue weighted by Gasteiger charge is 2.60. The highest BCUT2D eigenvalue weighted by molar-refractivity contribution is 5.81. The summed E-state index contributed by atoms with van der Waals surface area (Å²) in [6.07, 6.45) is 11.1. The van der Waals surface area contributed by atoms with Crippen LogP contribution in [0.5, 0.6) is 0 Å². The molecular formula is C30H47NO7. The van der Waals surface area contributed by atoms with Crippen molar-refractivity contribution in [2.45, 2.75) is 110 Å². The van der Waals surface area contributed by atoms with E-state index in [1.165, 1.54) is 38.5 Å². The summed E-state index contributed by atoms with van der Waals surface area (Å²) in [5.74, 6) is 1.24. The van der Waals surface area contributed by atoms with Gasteiger partial charge in [0.15, 0.2) is 0 Å². The SMILES string of the molecule is CC(CCC(=O)NCC(=O)O)C1CC[C@H]2C3CC[C@@H]4C[C@H](OC(=O)CCC(=O)O)CC[C@]4(C)C3CC[C@]12C. The molecular weight excluding hydrogens is 486 g/mol. The maximum Gasteiger partial charge on any atom is 0.322 e. The lowest BCUT2D eigenvalue weighted by Crippen LogP contribution is -2.54. The van der Waals surface area contributed by atoms with Gasteiger partial charge in [0.25, 0.3) is 0 Å². The molecule has 0 heterocycles. The zero-order valence-electron chi connectivity index (χ0n) is 23.4. The van der Waals surface area contributed by atoms with Crippen molar-refractivity contribution in [1.29, 1.82) is 0 Å². The van der Waals surface area contributed by atoms with Crippen molar-refractivity contribution in [1.82, 2.24) is 5.32 Å². The first kappa shape index (κ1) is 28.9. The fourth-order valence-corrected chi connectivity index (χ4v) is 9.58. The van der Waals surface area contributed by atoms with Crippen LogP contribution >= 0.6 is 0 Å². The summed E-state index contributed by atoms with van der Waals surface area (Å²) in [5, 5.41) is 20.1. The van der Waals surface area contributed by atoms with Crippen molar-refractivity contribution >= 4 is 23.8 Å². The maximum atomic E-state index is 12.1. The number of ether oxygens (including phenoxy) is 1. The molecule has 8 nitrogen and oxygen atoms in total. The van der Waals surface area contributed by atoms with Crippen LogP contribution in [0.4, 0.5) is 0 Å². The van der Waals surface area contributed by atoms with Crippen LogP contribution in [-0.4, -0.2) is 46.7 Å². The molecule has 4 rings (SSSR count). The molecule has 38 heavy (non-hydrogen) atoms. The minimum atomic E-state index is -1.01. The molecule has 4 fully saturated rings. The molecule has 0 aromatic carbocycles. The highest BCUT2D eigenvalue weighted by Crippen LogP contribution is 2.68. The molecule has 8 heteroatoms. The Morgan fingerprint density at radius 1 is 0.868 bits per heavy atom. The molecule has 0 saturated heterocycles. The van der Waals surface area contributed by atoms with Gasteiger partial charge in [0.2, 0.25) is 5.91 Å². The van der Waals surface area contributed by atoms with E-state index in [9.17, 15) is 19.2 Å². The average Bonchev–Trinajstić information content (AvgIpc) is 3.22. The monoisotopic (exact) mass is 533 g/mol. The molecule has 1 amide bonds. The highest BCUT2D eigenvalue weighted by atomic mass is 16.5. The molecule has 4 unspecified atom stereocenters. The Balaban J connectivity index is 1.34. The number of esters is 1. The third-order valence-electron chi connectivity index (χ3n) is 11.5. The second-order valence-corrected chi connectivity index (χ2v) is 13.4. The largest absolute Gasteiger partial charge is 0.481 e. The number of aliphatic carboxylic acids is 2. The van der Waals surface area contributed by atoms with E-state index in [1.807, 2.05) is 0 Å². The molecule has 3 N–H and O–H groups in total. The van der Waals surface area contributed by atoms with E-state index in [0.29, 0.717) is 35.5 Å². The average molecular weight is 534 g/mol. The lowest BCUT2D eigenvalue weighted by molar-refractivity contribution is -0.164. The number of hydrogen-bond donors (Lipinski definition) is 3. The predicted molar refractivity (Wildman–Crippen MR) is 141 cm³/mol. The number of fused-ring (bicyclic) bond motifs is 5. The number of carboxylic acids is 2. The van der Waals surface area contributed by atoms with Gasteiger partial charge in [0.1, 0.15) is 12.6 Å². The smallest absolute Gasteiger partial charge is 0.322 e. The summed E-state index contributed by atoms with van der Waals surface area (Å²) in [4.78, 5) is 45.8. The van der Waals surface area contributed by atoms with Gasteiger partial charge in [-0.05, 0) is 111 Å². The number of carboxylic acid groups (broad SMARTS) is 2. The van der Waals surface area contributed by atoms with Gasteiger partial charge in [-0.2, -0.15) is 0 Å². The fraction of sp³-hybridized carbons (Fsp3) is 0.867. The molecule has 9 atom stereocenters. The zero-order chi connectivity index (χ0) is 27.7. The summed E-state index contributed by atoms with van der Waals surface area (Å²) in [6.45, 7) is 6.97. The number of carbonyl (C=O) groups is 4. The topological polar surface area (TPSA) is 130 Å².